The number of para-hydroxylation sites is 1. The summed E-state index contributed by atoms with van der Waals surface area (Å²) in [6.45, 7) is 4.21. The third-order valence-corrected chi connectivity index (χ3v) is 4.37. The number of carboxylic acids is 1. The molecule has 0 aliphatic carbocycles. The Hall–Kier alpha value is -3.54. The quantitative estimate of drug-likeness (QED) is 0.430. The van der Waals surface area contributed by atoms with Crippen LogP contribution in [-0.2, 0) is 6.42 Å². The van der Waals surface area contributed by atoms with Crippen LogP contribution in [0.2, 0.25) is 0 Å². The van der Waals surface area contributed by atoms with Crippen LogP contribution in [0.15, 0.2) is 53.1 Å². The molecule has 3 aromatic rings. The Morgan fingerprint density at radius 2 is 1.71 bits per heavy atom. The fourth-order valence-electron chi connectivity index (χ4n) is 3.10. The SMILES string of the molecule is CC(C)Cc1ccc(C(=O)c2coc(C(=O)O)c2-c2cccc(O)c2O)cc1. The molecule has 0 bridgehead atoms. The lowest BCUT2D eigenvalue weighted by Crippen LogP contribution is -2.05. The van der Waals surface area contributed by atoms with Gasteiger partial charge in [-0.05, 0) is 24.0 Å². The first-order valence-electron chi connectivity index (χ1n) is 8.79. The van der Waals surface area contributed by atoms with E-state index in [1.165, 1.54) is 18.2 Å². The third kappa shape index (κ3) is 3.62. The number of aromatic carboxylic acids is 1. The molecule has 28 heavy (non-hydrogen) atoms. The number of carbonyl (C=O) groups excluding carboxylic acids is 1. The zero-order valence-corrected chi connectivity index (χ0v) is 15.5. The summed E-state index contributed by atoms with van der Waals surface area (Å²) in [7, 11) is 0. The molecule has 0 aliphatic rings. The lowest BCUT2D eigenvalue weighted by molar-refractivity contribution is 0.0663. The first kappa shape index (κ1) is 19.2. The zero-order chi connectivity index (χ0) is 20.4. The molecular weight excluding hydrogens is 360 g/mol. The molecule has 3 rings (SSSR count). The van der Waals surface area contributed by atoms with Gasteiger partial charge < -0.3 is 19.7 Å². The van der Waals surface area contributed by atoms with Gasteiger partial charge >= 0.3 is 5.97 Å². The van der Waals surface area contributed by atoms with Crippen LogP contribution in [0.1, 0.15) is 45.9 Å². The zero-order valence-electron chi connectivity index (χ0n) is 15.5. The lowest BCUT2D eigenvalue weighted by Gasteiger charge is -2.09. The van der Waals surface area contributed by atoms with Gasteiger partial charge in [-0.1, -0.05) is 50.2 Å². The second kappa shape index (κ2) is 7.60. The van der Waals surface area contributed by atoms with Crippen molar-refractivity contribution in [3.8, 4) is 22.6 Å². The molecule has 6 nitrogen and oxygen atoms in total. The lowest BCUT2D eigenvalue weighted by atomic mass is 9.94. The van der Waals surface area contributed by atoms with Gasteiger partial charge in [-0.25, -0.2) is 4.79 Å². The average molecular weight is 380 g/mol. The predicted octanol–water partition coefficient (Wildman–Crippen LogP) is 4.49. The predicted molar refractivity (Wildman–Crippen MR) is 103 cm³/mol. The highest BCUT2D eigenvalue weighted by molar-refractivity contribution is 6.15. The summed E-state index contributed by atoms with van der Waals surface area (Å²) in [4.78, 5) is 24.6. The number of phenols is 2. The number of aromatic hydroxyl groups is 2. The van der Waals surface area contributed by atoms with Crippen molar-refractivity contribution in [2.45, 2.75) is 20.3 Å². The average Bonchev–Trinajstić information content (AvgIpc) is 3.08. The number of benzene rings is 2. The van der Waals surface area contributed by atoms with E-state index < -0.39 is 29.0 Å². The fourth-order valence-corrected chi connectivity index (χ4v) is 3.10. The fraction of sp³-hybridized carbons (Fsp3) is 0.182. The summed E-state index contributed by atoms with van der Waals surface area (Å²) < 4.78 is 5.11. The Kier molecular flexibility index (Phi) is 5.22. The van der Waals surface area contributed by atoms with Crippen molar-refractivity contribution in [3.05, 3.63) is 71.2 Å². The standard InChI is InChI=1S/C22H20O6/c1-12(2)10-13-6-8-14(9-7-13)19(24)16-11-28-21(22(26)27)18(16)15-4-3-5-17(23)20(15)25/h3-9,11-12,23,25H,10H2,1-2H3,(H,26,27). The van der Waals surface area contributed by atoms with Crippen molar-refractivity contribution in [1.29, 1.82) is 0 Å². The summed E-state index contributed by atoms with van der Waals surface area (Å²) in [6, 6.07) is 11.2. The van der Waals surface area contributed by atoms with Crippen LogP contribution >= 0.6 is 0 Å². The maximum absolute atomic E-state index is 13.0. The smallest absolute Gasteiger partial charge is 0.372 e. The summed E-state index contributed by atoms with van der Waals surface area (Å²) in [5.74, 6) is -2.78. The second-order valence-corrected chi connectivity index (χ2v) is 6.96. The highest BCUT2D eigenvalue weighted by Crippen LogP contribution is 2.40. The molecule has 6 heteroatoms. The number of hydrogen-bond acceptors (Lipinski definition) is 5. The molecule has 0 unspecified atom stereocenters. The van der Waals surface area contributed by atoms with E-state index in [4.69, 9.17) is 4.42 Å². The van der Waals surface area contributed by atoms with E-state index in [0.717, 1.165) is 18.2 Å². The minimum atomic E-state index is -1.39. The number of carboxylic acid groups (broad SMARTS) is 1. The van der Waals surface area contributed by atoms with Crippen LogP contribution in [0.3, 0.4) is 0 Å². The topological polar surface area (TPSA) is 108 Å². The van der Waals surface area contributed by atoms with Crippen LogP contribution in [0, 0.1) is 5.92 Å². The van der Waals surface area contributed by atoms with E-state index in [9.17, 15) is 24.9 Å². The molecule has 144 valence electrons. The van der Waals surface area contributed by atoms with E-state index in [0.29, 0.717) is 11.5 Å². The molecule has 2 aromatic carbocycles. The maximum Gasteiger partial charge on any atom is 0.372 e. The van der Waals surface area contributed by atoms with Gasteiger partial charge in [0.05, 0.1) is 11.1 Å². The number of carbonyl (C=O) groups is 2. The van der Waals surface area contributed by atoms with Crippen LogP contribution in [0.4, 0.5) is 0 Å². The minimum Gasteiger partial charge on any atom is -0.504 e. The first-order chi connectivity index (χ1) is 13.3. The van der Waals surface area contributed by atoms with Crippen LogP contribution in [0.5, 0.6) is 11.5 Å². The normalized spacial score (nSPS) is 11.0. The van der Waals surface area contributed by atoms with Gasteiger partial charge in [0.1, 0.15) is 6.26 Å². The number of ketones is 1. The molecule has 0 amide bonds. The number of furan rings is 1. The van der Waals surface area contributed by atoms with E-state index in [1.54, 1.807) is 12.1 Å². The largest absolute Gasteiger partial charge is 0.504 e. The Morgan fingerprint density at radius 1 is 1.04 bits per heavy atom. The Balaban J connectivity index is 2.08. The van der Waals surface area contributed by atoms with Gasteiger partial charge in [0.2, 0.25) is 5.76 Å². The highest BCUT2D eigenvalue weighted by atomic mass is 16.4. The van der Waals surface area contributed by atoms with Crippen molar-refractivity contribution in [3.63, 3.8) is 0 Å². The van der Waals surface area contributed by atoms with Gasteiger partial charge in [0.15, 0.2) is 17.3 Å². The molecule has 0 atom stereocenters. The summed E-state index contributed by atoms with van der Waals surface area (Å²) >= 11 is 0. The maximum atomic E-state index is 13.0. The highest BCUT2D eigenvalue weighted by Gasteiger charge is 2.28. The number of phenolic OH excluding ortho intramolecular Hbond substituents is 2. The van der Waals surface area contributed by atoms with Gasteiger partial charge in [-0.15, -0.1) is 0 Å². The van der Waals surface area contributed by atoms with E-state index >= 15 is 0 Å². The first-order valence-corrected chi connectivity index (χ1v) is 8.79. The van der Waals surface area contributed by atoms with Crippen molar-refractivity contribution in [2.75, 3.05) is 0 Å². The molecule has 0 saturated carbocycles. The molecular formula is C22H20O6. The number of hydrogen-bond donors (Lipinski definition) is 3. The number of rotatable bonds is 6. The van der Waals surface area contributed by atoms with Crippen LogP contribution in [-0.4, -0.2) is 27.1 Å². The Labute approximate surface area is 161 Å². The van der Waals surface area contributed by atoms with Crippen molar-refractivity contribution < 1.29 is 29.3 Å². The molecule has 0 aliphatic heterocycles. The van der Waals surface area contributed by atoms with Crippen LogP contribution < -0.4 is 0 Å². The van der Waals surface area contributed by atoms with Crippen molar-refractivity contribution in [2.24, 2.45) is 5.92 Å². The minimum absolute atomic E-state index is 0.00471. The van der Waals surface area contributed by atoms with Crippen LogP contribution in [0.25, 0.3) is 11.1 Å². The molecule has 0 saturated heterocycles. The third-order valence-electron chi connectivity index (χ3n) is 4.37. The summed E-state index contributed by atoms with van der Waals surface area (Å²) in [6.07, 6.45) is 1.94. The molecule has 1 heterocycles. The van der Waals surface area contributed by atoms with Gasteiger partial charge in [-0.2, -0.15) is 0 Å². The molecule has 0 spiro atoms. The van der Waals surface area contributed by atoms with Crippen molar-refractivity contribution >= 4 is 11.8 Å². The molecule has 3 N–H and O–H groups in total. The van der Waals surface area contributed by atoms with E-state index in [-0.39, 0.29) is 16.7 Å². The van der Waals surface area contributed by atoms with E-state index in [1.807, 2.05) is 12.1 Å². The second-order valence-electron chi connectivity index (χ2n) is 6.96. The Bertz CT molecular complexity index is 1030. The van der Waals surface area contributed by atoms with Crippen molar-refractivity contribution in [1.82, 2.24) is 0 Å². The summed E-state index contributed by atoms with van der Waals surface area (Å²) in [5.41, 5.74) is 1.39. The van der Waals surface area contributed by atoms with Gasteiger partial charge in [0.25, 0.3) is 0 Å². The Morgan fingerprint density at radius 3 is 2.32 bits per heavy atom. The monoisotopic (exact) mass is 380 g/mol. The van der Waals surface area contributed by atoms with E-state index in [2.05, 4.69) is 13.8 Å². The molecule has 1 aromatic heterocycles. The van der Waals surface area contributed by atoms with Gasteiger partial charge in [-0.3, -0.25) is 4.79 Å². The summed E-state index contributed by atoms with van der Waals surface area (Å²) in [5, 5.41) is 29.4. The molecule has 0 fully saturated rings. The molecule has 0 radical (unpaired) electrons. The van der Waals surface area contributed by atoms with Gasteiger partial charge in [0, 0.05) is 11.1 Å².